The number of rotatable bonds is 8. The van der Waals surface area contributed by atoms with Gasteiger partial charge in [-0.3, -0.25) is 0 Å². The van der Waals surface area contributed by atoms with Crippen LogP contribution < -0.4 is 10.2 Å². The van der Waals surface area contributed by atoms with Gasteiger partial charge in [0, 0.05) is 51.5 Å². The minimum absolute atomic E-state index is 0.394. The molecular formula is C29H39N7O5Si. The zero-order valence-corrected chi connectivity index (χ0v) is 25.7. The summed E-state index contributed by atoms with van der Waals surface area (Å²) in [6, 6.07) is 9.07. The number of benzene rings is 1. The Bertz CT molecular complexity index is 1590. The number of furan rings is 1. The van der Waals surface area contributed by atoms with Crippen molar-refractivity contribution in [2.75, 3.05) is 49.6 Å². The molecule has 224 valence electrons. The molecule has 2 saturated heterocycles. The molecule has 2 N–H and O–H groups in total. The molecule has 5 heterocycles. The molecule has 13 heteroatoms. The molecule has 1 amide bonds. The van der Waals surface area contributed by atoms with Gasteiger partial charge in [-0.25, -0.2) is 14.5 Å². The van der Waals surface area contributed by atoms with E-state index in [0.717, 1.165) is 34.9 Å². The van der Waals surface area contributed by atoms with Crippen molar-refractivity contribution in [2.45, 2.75) is 57.8 Å². The predicted octanol–water partition coefficient (Wildman–Crippen LogP) is 5.29. The normalized spacial score (nSPS) is 17.4. The lowest BCUT2D eigenvalue weighted by molar-refractivity contribution is -0.113. The molecule has 2 aliphatic heterocycles. The van der Waals surface area contributed by atoms with E-state index in [4.69, 9.17) is 29.0 Å². The Balaban J connectivity index is 1.20. The molecule has 1 spiro atoms. The highest BCUT2D eigenvalue weighted by Crippen LogP contribution is 2.35. The maximum Gasteiger partial charge on any atom is 0.407 e. The van der Waals surface area contributed by atoms with Crippen molar-refractivity contribution < 1.29 is 23.8 Å². The molecule has 4 aromatic rings. The number of nitrogens with zero attached hydrogens (tertiary/aromatic N) is 6. The van der Waals surface area contributed by atoms with Crippen molar-refractivity contribution in [3.05, 3.63) is 36.2 Å². The number of fused-ring (bicyclic) bond motifs is 2. The van der Waals surface area contributed by atoms with E-state index in [-0.39, 0.29) is 0 Å². The first kappa shape index (κ1) is 28.4. The minimum Gasteiger partial charge on any atom is -0.465 e. The standard InChI is InChI=1S/C29H39N7O5Si/c1-20-22-6-5-21(17-24(22)36(33-20)19-39-15-16-42(2,3)4)30-27-31-23-7-13-40-25(23)26(32-27)34-10-8-29(9-11-34)18-35(28(37)38)12-14-41-29/h5-7,13,17H,8-12,14-16,18-19H2,1-4H3,(H,37,38)(H,30,31,32). The fraction of sp³-hybridized carbons (Fsp3) is 0.517. The number of anilines is 3. The predicted molar refractivity (Wildman–Crippen MR) is 163 cm³/mol. The van der Waals surface area contributed by atoms with Crippen molar-refractivity contribution >= 4 is 53.6 Å². The van der Waals surface area contributed by atoms with Gasteiger partial charge in [-0.1, -0.05) is 19.6 Å². The molecule has 12 nitrogen and oxygen atoms in total. The number of aromatic nitrogens is 4. The van der Waals surface area contributed by atoms with Gasteiger partial charge >= 0.3 is 6.09 Å². The van der Waals surface area contributed by atoms with E-state index in [9.17, 15) is 9.90 Å². The summed E-state index contributed by atoms with van der Waals surface area (Å²) in [4.78, 5) is 24.8. The van der Waals surface area contributed by atoms with E-state index >= 15 is 0 Å². The van der Waals surface area contributed by atoms with Crippen LogP contribution in [0.4, 0.5) is 22.2 Å². The van der Waals surface area contributed by atoms with Gasteiger partial charge in [0.2, 0.25) is 5.95 Å². The zero-order chi connectivity index (χ0) is 29.5. The summed E-state index contributed by atoms with van der Waals surface area (Å²) < 4.78 is 19.8. The van der Waals surface area contributed by atoms with Gasteiger partial charge in [-0.15, -0.1) is 0 Å². The molecule has 0 bridgehead atoms. The summed E-state index contributed by atoms with van der Waals surface area (Å²) in [5.41, 5.74) is 3.68. The van der Waals surface area contributed by atoms with Crippen LogP contribution in [0, 0.1) is 6.92 Å². The van der Waals surface area contributed by atoms with Gasteiger partial charge < -0.3 is 34.1 Å². The number of piperidine rings is 1. The molecule has 0 atom stereocenters. The third-order valence-corrected chi connectivity index (χ3v) is 9.89. The molecule has 2 fully saturated rings. The van der Waals surface area contributed by atoms with Crippen molar-refractivity contribution in [2.24, 2.45) is 0 Å². The van der Waals surface area contributed by atoms with Crippen molar-refractivity contribution in [3.8, 4) is 0 Å². The SMILES string of the molecule is Cc1nn(COCC[Si](C)(C)C)c2cc(Nc3nc(N4CCC5(CC4)CN(C(=O)O)CCO5)c4occc4n3)ccc12. The van der Waals surface area contributed by atoms with Crippen molar-refractivity contribution in [3.63, 3.8) is 0 Å². The number of aryl methyl sites for hydroxylation is 1. The maximum absolute atomic E-state index is 11.6. The lowest BCUT2D eigenvalue weighted by Crippen LogP contribution is -2.58. The first-order chi connectivity index (χ1) is 20.1. The van der Waals surface area contributed by atoms with Crippen LogP contribution in [-0.2, 0) is 16.2 Å². The first-order valence-electron chi connectivity index (χ1n) is 14.5. The van der Waals surface area contributed by atoms with Gasteiger partial charge in [0.1, 0.15) is 12.2 Å². The Morgan fingerprint density at radius 3 is 2.74 bits per heavy atom. The number of nitrogens with one attached hydrogen (secondary N) is 1. The number of hydrogen-bond acceptors (Lipinski definition) is 9. The van der Waals surface area contributed by atoms with Crippen LogP contribution in [0.3, 0.4) is 0 Å². The summed E-state index contributed by atoms with van der Waals surface area (Å²) in [5.74, 6) is 1.18. The molecule has 0 saturated carbocycles. The minimum atomic E-state index is -1.16. The van der Waals surface area contributed by atoms with Crippen LogP contribution in [-0.4, -0.2) is 88.9 Å². The summed E-state index contributed by atoms with van der Waals surface area (Å²) in [5, 5.41) is 18.7. The van der Waals surface area contributed by atoms with Crippen LogP contribution in [0.25, 0.3) is 22.0 Å². The Labute approximate surface area is 245 Å². The van der Waals surface area contributed by atoms with Crippen LogP contribution in [0.1, 0.15) is 18.5 Å². The summed E-state index contributed by atoms with van der Waals surface area (Å²) in [6.07, 6.45) is 2.13. The third kappa shape index (κ3) is 5.94. The summed E-state index contributed by atoms with van der Waals surface area (Å²) in [7, 11) is -1.16. The Kier molecular flexibility index (Phi) is 7.58. The molecule has 0 aliphatic carbocycles. The van der Waals surface area contributed by atoms with Crippen LogP contribution in [0.2, 0.25) is 25.7 Å². The second-order valence-electron chi connectivity index (χ2n) is 12.5. The number of hydrogen-bond donors (Lipinski definition) is 2. The first-order valence-corrected chi connectivity index (χ1v) is 18.2. The average molecular weight is 594 g/mol. The van der Waals surface area contributed by atoms with E-state index in [1.165, 1.54) is 4.90 Å². The Hall–Kier alpha value is -3.68. The smallest absolute Gasteiger partial charge is 0.407 e. The van der Waals surface area contributed by atoms with Gasteiger partial charge in [0.15, 0.2) is 11.4 Å². The molecule has 1 aromatic carbocycles. The summed E-state index contributed by atoms with van der Waals surface area (Å²) >= 11 is 0. The van der Waals surface area contributed by atoms with Gasteiger partial charge in [0.25, 0.3) is 0 Å². The summed E-state index contributed by atoms with van der Waals surface area (Å²) in [6.45, 7) is 12.7. The number of morpholine rings is 1. The highest BCUT2D eigenvalue weighted by Gasteiger charge is 2.41. The van der Waals surface area contributed by atoms with Gasteiger partial charge in [-0.05, 0) is 44.0 Å². The van der Waals surface area contributed by atoms with E-state index in [2.05, 4.69) is 42.0 Å². The number of carboxylic acid groups (broad SMARTS) is 1. The third-order valence-electron chi connectivity index (χ3n) is 8.18. The Morgan fingerprint density at radius 1 is 1.17 bits per heavy atom. The second-order valence-corrected chi connectivity index (χ2v) is 18.1. The largest absolute Gasteiger partial charge is 0.465 e. The average Bonchev–Trinajstić information content (AvgIpc) is 3.55. The second kappa shape index (κ2) is 11.2. The topological polar surface area (TPSA) is 131 Å². The molecule has 42 heavy (non-hydrogen) atoms. The molecule has 0 unspecified atom stereocenters. The maximum atomic E-state index is 11.6. The molecule has 0 radical (unpaired) electrons. The fourth-order valence-corrected chi connectivity index (χ4v) is 6.49. The molecule has 3 aromatic heterocycles. The monoisotopic (exact) mass is 593 g/mol. The van der Waals surface area contributed by atoms with Crippen LogP contribution >= 0.6 is 0 Å². The number of amides is 1. The zero-order valence-electron chi connectivity index (χ0n) is 24.7. The number of ether oxygens (including phenoxy) is 2. The highest BCUT2D eigenvalue weighted by molar-refractivity contribution is 6.76. The quantitative estimate of drug-likeness (QED) is 0.205. The van der Waals surface area contributed by atoms with E-state index in [1.807, 2.05) is 23.7 Å². The lowest BCUT2D eigenvalue weighted by atomic mass is 9.89. The van der Waals surface area contributed by atoms with Crippen molar-refractivity contribution in [1.29, 1.82) is 0 Å². The van der Waals surface area contributed by atoms with E-state index in [1.54, 1.807) is 6.26 Å². The van der Waals surface area contributed by atoms with Gasteiger partial charge in [0.05, 0.1) is 36.2 Å². The number of carbonyl (C=O) groups is 1. The lowest BCUT2D eigenvalue weighted by Gasteiger charge is -2.46. The van der Waals surface area contributed by atoms with E-state index < -0.39 is 19.8 Å². The molecule has 2 aliphatic rings. The fourth-order valence-electron chi connectivity index (χ4n) is 5.73. The van der Waals surface area contributed by atoms with Gasteiger partial charge in [-0.2, -0.15) is 10.1 Å². The highest BCUT2D eigenvalue weighted by atomic mass is 28.3. The van der Waals surface area contributed by atoms with Crippen LogP contribution in [0.5, 0.6) is 0 Å². The Morgan fingerprint density at radius 2 is 1.98 bits per heavy atom. The van der Waals surface area contributed by atoms with Crippen LogP contribution in [0.15, 0.2) is 34.9 Å². The molecular weight excluding hydrogens is 554 g/mol. The van der Waals surface area contributed by atoms with Crippen molar-refractivity contribution in [1.82, 2.24) is 24.6 Å². The van der Waals surface area contributed by atoms with E-state index in [0.29, 0.717) is 75.2 Å². The molecule has 6 rings (SSSR count).